The molecule has 0 aliphatic rings. The van der Waals surface area contributed by atoms with Crippen molar-refractivity contribution in [2.24, 2.45) is 0 Å². The quantitative estimate of drug-likeness (QED) is 0.524. The van der Waals surface area contributed by atoms with Gasteiger partial charge in [-0.3, -0.25) is 4.79 Å². The molecular weight excluding hydrogens is 344 g/mol. The molecular formula is C19H15F2NO4. The third-order valence-electron chi connectivity index (χ3n) is 3.27. The van der Waals surface area contributed by atoms with Crippen molar-refractivity contribution in [1.29, 1.82) is 5.26 Å². The molecule has 0 fully saturated rings. The van der Waals surface area contributed by atoms with E-state index < -0.39 is 6.61 Å². The average Bonchev–Trinajstić information content (AvgIpc) is 2.64. The van der Waals surface area contributed by atoms with E-state index in [1.54, 1.807) is 30.3 Å². The molecule has 0 radical (unpaired) electrons. The Balaban J connectivity index is 2.11. The molecule has 0 amide bonds. The molecule has 2 aromatic rings. The first-order chi connectivity index (χ1) is 12.5. The van der Waals surface area contributed by atoms with Crippen molar-refractivity contribution in [2.75, 3.05) is 13.7 Å². The van der Waals surface area contributed by atoms with E-state index in [1.165, 1.54) is 31.4 Å². The van der Waals surface area contributed by atoms with Gasteiger partial charge in [-0.05, 0) is 48.0 Å². The van der Waals surface area contributed by atoms with E-state index in [2.05, 4.69) is 4.74 Å². The molecule has 0 bridgehead atoms. The molecule has 0 saturated heterocycles. The predicted octanol–water partition coefficient (Wildman–Crippen LogP) is 4.10. The molecule has 0 unspecified atom stereocenters. The standard InChI is InChI=1S/C19H15F2NO4/c1-24-17-9-3-13(12-18(17)26-19(20)21)2-8-16(23)14-4-6-15(7-5-14)25-11-10-22/h2-9,12,19H,11H2,1H3/b8-2+. The maximum atomic E-state index is 12.4. The lowest BCUT2D eigenvalue weighted by Crippen LogP contribution is -2.03. The van der Waals surface area contributed by atoms with E-state index in [1.807, 2.05) is 6.07 Å². The molecule has 0 saturated carbocycles. The van der Waals surface area contributed by atoms with Crippen LogP contribution in [-0.4, -0.2) is 26.1 Å². The number of halogens is 2. The molecule has 2 rings (SSSR count). The summed E-state index contributed by atoms with van der Waals surface area (Å²) in [5, 5.41) is 8.45. The molecule has 0 aliphatic carbocycles. The van der Waals surface area contributed by atoms with Crippen LogP contribution in [0, 0.1) is 11.3 Å². The van der Waals surface area contributed by atoms with Crippen molar-refractivity contribution in [2.45, 2.75) is 6.61 Å². The highest BCUT2D eigenvalue weighted by molar-refractivity contribution is 6.06. The molecule has 0 spiro atoms. The van der Waals surface area contributed by atoms with Gasteiger partial charge in [-0.1, -0.05) is 12.1 Å². The number of methoxy groups -OCH3 is 1. The van der Waals surface area contributed by atoms with E-state index in [0.29, 0.717) is 16.9 Å². The summed E-state index contributed by atoms with van der Waals surface area (Å²) in [5.74, 6) is 0.262. The molecule has 7 heteroatoms. The van der Waals surface area contributed by atoms with Crippen LogP contribution in [0.25, 0.3) is 6.08 Å². The number of nitriles is 1. The number of benzene rings is 2. The third-order valence-corrected chi connectivity index (χ3v) is 3.27. The second-order valence-corrected chi connectivity index (χ2v) is 4.96. The minimum atomic E-state index is -2.98. The Bertz CT molecular complexity index is 826. The first-order valence-corrected chi connectivity index (χ1v) is 7.48. The summed E-state index contributed by atoms with van der Waals surface area (Å²) >= 11 is 0. The largest absolute Gasteiger partial charge is 0.493 e. The Hall–Kier alpha value is -3.40. The Morgan fingerprint density at radius 3 is 2.54 bits per heavy atom. The van der Waals surface area contributed by atoms with Gasteiger partial charge in [0.1, 0.15) is 11.8 Å². The molecule has 134 valence electrons. The zero-order valence-corrected chi connectivity index (χ0v) is 13.8. The highest BCUT2D eigenvalue weighted by Crippen LogP contribution is 2.30. The molecule has 0 aliphatic heterocycles. The van der Waals surface area contributed by atoms with E-state index in [9.17, 15) is 13.6 Å². The minimum absolute atomic E-state index is 0.0757. The molecule has 0 N–H and O–H groups in total. The fourth-order valence-electron chi connectivity index (χ4n) is 2.08. The monoisotopic (exact) mass is 359 g/mol. The summed E-state index contributed by atoms with van der Waals surface area (Å²) in [5.41, 5.74) is 0.923. The van der Waals surface area contributed by atoms with Crippen LogP contribution in [0.15, 0.2) is 48.5 Å². The fraction of sp³-hybridized carbons (Fsp3) is 0.158. The van der Waals surface area contributed by atoms with E-state index in [4.69, 9.17) is 14.7 Å². The summed E-state index contributed by atoms with van der Waals surface area (Å²) in [4.78, 5) is 12.2. The van der Waals surface area contributed by atoms with Crippen LogP contribution in [0.4, 0.5) is 8.78 Å². The zero-order chi connectivity index (χ0) is 18.9. The van der Waals surface area contributed by atoms with E-state index in [0.717, 1.165) is 0 Å². The van der Waals surface area contributed by atoms with Gasteiger partial charge in [0, 0.05) is 5.56 Å². The average molecular weight is 359 g/mol. The number of hydrogen-bond acceptors (Lipinski definition) is 5. The van der Waals surface area contributed by atoms with Crippen LogP contribution in [-0.2, 0) is 0 Å². The maximum absolute atomic E-state index is 12.4. The smallest absolute Gasteiger partial charge is 0.387 e. The van der Waals surface area contributed by atoms with Crippen LogP contribution in [0.1, 0.15) is 15.9 Å². The molecule has 0 atom stereocenters. The van der Waals surface area contributed by atoms with Gasteiger partial charge in [-0.15, -0.1) is 0 Å². The second kappa shape index (κ2) is 9.18. The van der Waals surface area contributed by atoms with Crippen molar-refractivity contribution in [3.63, 3.8) is 0 Å². The summed E-state index contributed by atoms with van der Waals surface area (Å²) in [6.45, 7) is -3.06. The number of ketones is 1. The van der Waals surface area contributed by atoms with Gasteiger partial charge in [0.2, 0.25) is 0 Å². The number of allylic oxidation sites excluding steroid dienone is 1. The zero-order valence-electron chi connectivity index (χ0n) is 13.8. The van der Waals surface area contributed by atoms with Gasteiger partial charge in [0.05, 0.1) is 7.11 Å². The number of nitrogens with zero attached hydrogens (tertiary/aromatic N) is 1. The number of rotatable bonds is 8. The van der Waals surface area contributed by atoms with Crippen LogP contribution in [0.5, 0.6) is 17.2 Å². The first kappa shape index (κ1) is 18.9. The lowest BCUT2D eigenvalue weighted by atomic mass is 10.1. The highest BCUT2D eigenvalue weighted by atomic mass is 19.3. The Morgan fingerprint density at radius 2 is 1.92 bits per heavy atom. The summed E-state index contributed by atoms with van der Waals surface area (Å²) in [7, 11) is 1.34. The van der Waals surface area contributed by atoms with Crippen molar-refractivity contribution in [1.82, 2.24) is 0 Å². The SMILES string of the molecule is COc1ccc(/C=C/C(=O)c2ccc(OCC#N)cc2)cc1OC(F)F. The van der Waals surface area contributed by atoms with Crippen LogP contribution >= 0.6 is 0 Å². The molecule has 2 aromatic carbocycles. The van der Waals surface area contributed by atoms with Crippen molar-refractivity contribution in [3.8, 4) is 23.3 Å². The summed E-state index contributed by atoms with van der Waals surface area (Å²) in [6, 6.07) is 12.6. The van der Waals surface area contributed by atoms with Crippen molar-refractivity contribution in [3.05, 3.63) is 59.7 Å². The molecule has 0 heterocycles. The van der Waals surface area contributed by atoms with Gasteiger partial charge in [0.25, 0.3) is 0 Å². The fourth-order valence-corrected chi connectivity index (χ4v) is 2.08. The van der Waals surface area contributed by atoms with Crippen LogP contribution in [0.2, 0.25) is 0 Å². The Labute approximate surface area is 149 Å². The molecule has 5 nitrogen and oxygen atoms in total. The highest BCUT2D eigenvalue weighted by Gasteiger charge is 2.11. The van der Waals surface area contributed by atoms with Gasteiger partial charge in [-0.25, -0.2) is 0 Å². The number of alkyl halides is 2. The Morgan fingerprint density at radius 1 is 1.19 bits per heavy atom. The van der Waals surface area contributed by atoms with Gasteiger partial charge in [0.15, 0.2) is 23.9 Å². The number of carbonyl (C=O) groups excluding carboxylic acids is 1. The lowest BCUT2D eigenvalue weighted by Gasteiger charge is -2.10. The number of ether oxygens (including phenoxy) is 3. The molecule has 26 heavy (non-hydrogen) atoms. The normalized spacial score (nSPS) is 10.6. The Kier molecular flexibility index (Phi) is 6.68. The number of hydrogen-bond donors (Lipinski definition) is 0. The van der Waals surface area contributed by atoms with Crippen LogP contribution in [0.3, 0.4) is 0 Å². The number of carbonyl (C=O) groups is 1. The van der Waals surface area contributed by atoms with Gasteiger partial charge in [-0.2, -0.15) is 14.0 Å². The summed E-state index contributed by atoms with van der Waals surface area (Å²) in [6.07, 6.45) is 2.80. The first-order valence-electron chi connectivity index (χ1n) is 7.48. The van der Waals surface area contributed by atoms with Gasteiger partial charge >= 0.3 is 6.61 Å². The van der Waals surface area contributed by atoms with Crippen molar-refractivity contribution >= 4 is 11.9 Å². The summed E-state index contributed by atoms with van der Waals surface area (Å²) < 4.78 is 39.3. The molecule has 0 aromatic heterocycles. The lowest BCUT2D eigenvalue weighted by molar-refractivity contribution is -0.0512. The van der Waals surface area contributed by atoms with Crippen molar-refractivity contribution < 1.29 is 27.8 Å². The van der Waals surface area contributed by atoms with E-state index >= 15 is 0 Å². The predicted molar refractivity (Wildman–Crippen MR) is 90.5 cm³/mol. The topological polar surface area (TPSA) is 68.5 Å². The minimum Gasteiger partial charge on any atom is -0.493 e. The second-order valence-electron chi connectivity index (χ2n) is 4.96. The van der Waals surface area contributed by atoms with Crippen LogP contribution < -0.4 is 14.2 Å². The van der Waals surface area contributed by atoms with E-state index in [-0.39, 0.29) is 23.9 Å². The third kappa shape index (κ3) is 5.31. The maximum Gasteiger partial charge on any atom is 0.387 e. The van der Waals surface area contributed by atoms with Gasteiger partial charge < -0.3 is 14.2 Å².